The van der Waals surface area contributed by atoms with Crippen LogP contribution >= 0.6 is 27.5 Å². The Kier molecular flexibility index (Phi) is 4.61. The molecule has 0 aliphatic carbocycles. The molecule has 2 rings (SSSR count). The molecule has 3 N–H and O–H groups in total. The molecule has 1 unspecified atom stereocenters. The summed E-state index contributed by atoms with van der Waals surface area (Å²) in [6.07, 6.45) is -0.298. The summed E-state index contributed by atoms with van der Waals surface area (Å²) in [4.78, 5) is 2.20. The van der Waals surface area contributed by atoms with Crippen LogP contribution in [0, 0.1) is 5.41 Å². The third kappa shape index (κ3) is 3.45. The first-order valence-corrected chi connectivity index (χ1v) is 6.85. The Morgan fingerprint density at radius 2 is 2.39 bits per heavy atom. The van der Waals surface area contributed by atoms with Gasteiger partial charge < -0.3 is 10.5 Å². The van der Waals surface area contributed by atoms with Crippen LogP contribution in [0.1, 0.15) is 5.56 Å². The number of nitrogens with zero attached hydrogens (tertiary/aromatic N) is 1. The van der Waals surface area contributed by atoms with Gasteiger partial charge in [-0.3, -0.25) is 10.3 Å². The molecule has 0 spiro atoms. The minimum absolute atomic E-state index is 0.0848. The lowest BCUT2D eigenvalue weighted by Gasteiger charge is -2.32. The van der Waals surface area contributed by atoms with E-state index in [1.165, 1.54) is 0 Å². The topological polar surface area (TPSA) is 62.3 Å². The second-order valence-corrected chi connectivity index (χ2v) is 5.61. The molecule has 1 atom stereocenters. The number of rotatable bonds is 3. The lowest BCUT2D eigenvalue weighted by Crippen LogP contribution is -2.47. The number of benzene rings is 1. The molecule has 18 heavy (non-hydrogen) atoms. The first kappa shape index (κ1) is 13.8. The summed E-state index contributed by atoms with van der Waals surface area (Å²) in [5, 5.41) is 8.17. The standard InChI is InChI=1S/C12H15BrClN3O/c13-9-2-1-8(10(14)5-9)6-17-3-4-18-11(7-17)12(15)16/h1-2,5,11H,3-4,6-7H2,(H3,15,16). The maximum atomic E-state index is 7.42. The fourth-order valence-corrected chi connectivity index (χ4v) is 2.66. The number of ether oxygens (including phenoxy) is 1. The minimum atomic E-state index is -0.298. The van der Waals surface area contributed by atoms with Gasteiger partial charge in [-0.15, -0.1) is 0 Å². The molecule has 1 aliphatic rings. The van der Waals surface area contributed by atoms with Gasteiger partial charge >= 0.3 is 0 Å². The molecular weight excluding hydrogens is 318 g/mol. The van der Waals surface area contributed by atoms with E-state index in [-0.39, 0.29) is 11.9 Å². The number of morpholine rings is 1. The van der Waals surface area contributed by atoms with Crippen molar-refractivity contribution in [3.05, 3.63) is 33.3 Å². The quantitative estimate of drug-likeness (QED) is 0.659. The van der Waals surface area contributed by atoms with E-state index >= 15 is 0 Å². The van der Waals surface area contributed by atoms with Crippen LogP contribution in [0.4, 0.5) is 0 Å². The van der Waals surface area contributed by atoms with E-state index in [1.807, 2.05) is 18.2 Å². The monoisotopic (exact) mass is 331 g/mol. The number of hydrogen-bond acceptors (Lipinski definition) is 3. The predicted octanol–water partition coefficient (Wildman–Crippen LogP) is 2.24. The van der Waals surface area contributed by atoms with Gasteiger partial charge in [0.05, 0.1) is 6.61 Å². The lowest BCUT2D eigenvalue weighted by atomic mass is 10.2. The Morgan fingerprint density at radius 3 is 3.06 bits per heavy atom. The highest BCUT2D eigenvalue weighted by molar-refractivity contribution is 9.10. The largest absolute Gasteiger partial charge is 0.385 e. The van der Waals surface area contributed by atoms with Gasteiger partial charge in [0.2, 0.25) is 0 Å². The predicted molar refractivity (Wildman–Crippen MR) is 76.1 cm³/mol. The number of nitrogens with one attached hydrogen (secondary N) is 1. The number of amidine groups is 1. The summed E-state index contributed by atoms with van der Waals surface area (Å²) in [5.74, 6) is 0.0848. The maximum Gasteiger partial charge on any atom is 0.127 e. The molecule has 4 nitrogen and oxygen atoms in total. The summed E-state index contributed by atoms with van der Waals surface area (Å²) in [7, 11) is 0. The van der Waals surface area contributed by atoms with E-state index in [4.69, 9.17) is 27.5 Å². The Balaban J connectivity index is 2.02. The highest BCUT2D eigenvalue weighted by atomic mass is 79.9. The van der Waals surface area contributed by atoms with Gasteiger partial charge in [0.1, 0.15) is 11.9 Å². The van der Waals surface area contributed by atoms with Crippen LogP contribution in [0.25, 0.3) is 0 Å². The van der Waals surface area contributed by atoms with Crippen LogP contribution in [0.3, 0.4) is 0 Å². The van der Waals surface area contributed by atoms with Crippen molar-refractivity contribution < 1.29 is 4.74 Å². The molecule has 1 aliphatic heterocycles. The Bertz CT molecular complexity index is 455. The van der Waals surface area contributed by atoms with Crippen LogP contribution in [-0.4, -0.2) is 36.5 Å². The highest BCUT2D eigenvalue weighted by Gasteiger charge is 2.23. The van der Waals surface area contributed by atoms with Gasteiger partial charge in [-0.2, -0.15) is 0 Å². The van der Waals surface area contributed by atoms with E-state index in [2.05, 4.69) is 20.8 Å². The van der Waals surface area contributed by atoms with E-state index in [0.717, 1.165) is 28.1 Å². The summed E-state index contributed by atoms with van der Waals surface area (Å²) in [6.45, 7) is 2.82. The SMILES string of the molecule is N=C(N)C1CN(Cc2ccc(Br)cc2Cl)CCO1. The molecule has 1 aromatic carbocycles. The maximum absolute atomic E-state index is 7.42. The first-order chi connectivity index (χ1) is 8.56. The molecule has 1 saturated heterocycles. The van der Waals surface area contributed by atoms with Crippen molar-refractivity contribution in [1.29, 1.82) is 5.41 Å². The molecule has 6 heteroatoms. The second kappa shape index (κ2) is 6.02. The fourth-order valence-electron chi connectivity index (χ4n) is 1.93. The van der Waals surface area contributed by atoms with Crippen LogP contribution in [-0.2, 0) is 11.3 Å². The number of halogens is 2. The van der Waals surface area contributed by atoms with Crippen molar-refractivity contribution in [2.24, 2.45) is 5.73 Å². The number of nitrogens with two attached hydrogens (primary N) is 1. The molecule has 0 amide bonds. The summed E-state index contributed by atoms with van der Waals surface area (Å²) in [6, 6.07) is 5.87. The van der Waals surface area contributed by atoms with Gasteiger partial charge in [0.25, 0.3) is 0 Å². The smallest absolute Gasteiger partial charge is 0.127 e. The van der Waals surface area contributed by atoms with Crippen molar-refractivity contribution in [2.75, 3.05) is 19.7 Å². The molecule has 0 saturated carbocycles. The molecule has 1 heterocycles. The van der Waals surface area contributed by atoms with Crippen LogP contribution in [0.15, 0.2) is 22.7 Å². The third-order valence-electron chi connectivity index (χ3n) is 2.91. The molecular formula is C12H15BrClN3O. The molecule has 1 aromatic rings. The van der Waals surface area contributed by atoms with Gasteiger partial charge in [-0.25, -0.2) is 0 Å². The summed E-state index contributed by atoms with van der Waals surface area (Å²) < 4.78 is 6.40. The third-order valence-corrected chi connectivity index (χ3v) is 3.75. The molecule has 98 valence electrons. The van der Waals surface area contributed by atoms with Crippen LogP contribution in [0.2, 0.25) is 5.02 Å². The molecule has 0 aromatic heterocycles. The van der Waals surface area contributed by atoms with E-state index in [9.17, 15) is 0 Å². The van der Waals surface area contributed by atoms with Crippen LogP contribution in [0.5, 0.6) is 0 Å². The Hall–Kier alpha value is -0.620. The highest BCUT2D eigenvalue weighted by Crippen LogP contribution is 2.23. The average molecular weight is 333 g/mol. The molecule has 1 fully saturated rings. The van der Waals surface area contributed by atoms with E-state index in [1.54, 1.807) is 0 Å². The van der Waals surface area contributed by atoms with Crippen molar-refractivity contribution in [1.82, 2.24) is 4.90 Å². The van der Waals surface area contributed by atoms with Crippen molar-refractivity contribution in [3.63, 3.8) is 0 Å². The Morgan fingerprint density at radius 1 is 1.61 bits per heavy atom. The molecule has 0 radical (unpaired) electrons. The average Bonchev–Trinajstić information content (AvgIpc) is 2.33. The van der Waals surface area contributed by atoms with E-state index in [0.29, 0.717) is 13.2 Å². The summed E-state index contributed by atoms with van der Waals surface area (Å²) >= 11 is 9.58. The normalized spacial score (nSPS) is 20.9. The first-order valence-electron chi connectivity index (χ1n) is 5.68. The van der Waals surface area contributed by atoms with Crippen molar-refractivity contribution in [3.8, 4) is 0 Å². The minimum Gasteiger partial charge on any atom is -0.385 e. The van der Waals surface area contributed by atoms with Crippen molar-refractivity contribution in [2.45, 2.75) is 12.6 Å². The number of hydrogen-bond donors (Lipinski definition) is 2. The zero-order chi connectivity index (χ0) is 13.1. The van der Waals surface area contributed by atoms with Gasteiger partial charge in [-0.05, 0) is 17.7 Å². The van der Waals surface area contributed by atoms with E-state index < -0.39 is 0 Å². The van der Waals surface area contributed by atoms with Gasteiger partial charge in [-0.1, -0.05) is 33.6 Å². The second-order valence-electron chi connectivity index (χ2n) is 4.29. The Labute approximate surface area is 120 Å². The van der Waals surface area contributed by atoms with Crippen LogP contribution < -0.4 is 5.73 Å². The lowest BCUT2D eigenvalue weighted by molar-refractivity contribution is 0.00237. The van der Waals surface area contributed by atoms with Gasteiger partial charge in [0.15, 0.2) is 0 Å². The zero-order valence-corrected chi connectivity index (χ0v) is 12.2. The van der Waals surface area contributed by atoms with Gasteiger partial charge in [0, 0.05) is 29.1 Å². The fraction of sp³-hybridized carbons (Fsp3) is 0.417. The van der Waals surface area contributed by atoms with Crippen molar-refractivity contribution >= 4 is 33.4 Å². The molecule has 0 bridgehead atoms. The summed E-state index contributed by atoms with van der Waals surface area (Å²) in [5.41, 5.74) is 6.55. The zero-order valence-electron chi connectivity index (χ0n) is 9.83.